The van der Waals surface area contributed by atoms with Crippen LogP contribution < -0.4 is 0 Å². The second-order valence-corrected chi connectivity index (χ2v) is 6.09. The molecule has 1 aromatic heterocycles. The number of aliphatic hydroxyl groups excluding tert-OH is 1. The summed E-state index contributed by atoms with van der Waals surface area (Å²) in [5.74, 6) is 1.28. The second kappa shape index (κ2) is 5.33. The van der Waals surface area contributed by atoms with Gasteiger partial charge in [-0.1, -0.05) is 26.7 Å². The lowest BCUT2D eigenvalue weighted by molar-refractivity contribution is 0.0736. The highest BCUT2D eigenvalue weighted by Crippen LogP contribution is 2.39. The molecule has 1 heterocycles. The predicted octanol–water partition coefficient (Wildman–Crippen LogP) is 4.17. The van der Waals surface area contributed by atoms with E-state index < -0.39 is 0 Å². The standard InChI is InChI=1S/C14H22OS/c1-3-11-7-8-16-14(11)13(15)12-6-4-5-10(2)9-12/h7-8,10,12-13,15H,3-6,9H2,1-2H3. The smallest absolute Gasteiger partial charge is 0.0912 e. The van der Waals surface area contributed by atoms with Crippen LogP contribution >= 0.6 is 11.3 Å². The summed E-state index contributed by atoms with van der Waals surface area (Å²) in [5, 5.41) is 12.6. The van der Waals surface area contributed by atoms with Crippen LogP contribution in [0.15, 0.2) is 11.4 Å². The molecule has 1 aliphatic carbocycles. The molecule has 3 unspecified atom stereocenters. The Morgan fingerprint density at radius 3 is 3.00 bits per heavy atom. The van der Waals surface area contributed by atoms with Crippen molar-refractivity contribution < 1.29 is 5.11 Å². The summed E-state index contributed by atoms with van der Waals surface area (Å²) in [5.41, 5.74) is 1.34. The van der Waals surface area contributed by atoms with Crippen LogP contribution in [0.1, 0.15) is 56.1 Å². The van der Waals surface area contributed by atoms with Gasteiger partial charge in [-0.25, -0.2) is 0 Å². The maximum atomic E-state index is 10.5. The Morgan fingerprint density at radius 2 is 2.31 bits per heavy atom. The monoisotopic (exact) mass is 238 g/mol. The Hall–Kier alpha value is -0.340. The number of hydrogen-bond acceptors (Lipinski definition) is 2. The average molecular weight is 238 g/mol. The van der Waals surface area contributed by atoms with Crippen molar-refractivity contribution in [3.05, 3.63) is 21.9 Å². The Bertz CT molecular complexity index is 331. The van der Waals surface area contributed by atoms with Gasteiger partial charge in [-0.15, -0.1) is 11.3 Å². The molecule has 0 aromatic carbocycles. The summed E-state index contributed by atoms with van der Waals surface area (Å²) >= 11 is 1.73. The summed E-state index contributed by atoms with van der Waals surface area (Å²) in [6, 6.07) is 2.16. The molecule has 0 bridgehead atoms. The Kier molecular flexibility index (Phi) is 4.04. The highest BCUT2D eigenvalue weighted by atomic mass is 32.1. The third-order valence-electron chi connectivity index (χ3n) is 3.85. The number of aliphatic hydroxyl groups is 1. The largest absolute Gasteiger partial charge is 0.387 e. The molecular weight excluding hydrogens is 216 g/mol. The minimum absolute atomic E-state index is 0.210. The van der Waals surface area contributed by atoms with Crippen LogP contribution in [-0.2, 0) is 6.42 Å². The minimum Gasteiger partial charge on any atom is -0.387 e. The zero-order chi connectivity index (χ0) is 11.5. The summed E-state index contributed by atoms with van der Waals surface area (Å²) in [6.45, 7) is 4.48. The fourth-order valence-electron chi connectivity index (χ4n) is 2.88. The molecular formula is C14H22OS. The summed E-state index contributed by atoms with van der Waals surface area (Å²) in [6.07, 6.45) is 5.86. The van der Waals surface area contributed by atoms with Gasteiger partial charge >= 0.3 is 0 Å². The van der Waals surface area contributed by atoms with Crippen LogP contribution in [0.25, 0.3) is 0 Å². The molecule has 0 aliphatic heterocycles. The van der Waals surface area contributed by atoms with E-state index >= 15 is 0 Å². The van der Waals surface area contributed by atoms with Crippen molar-refractivity contribution in [3.63, 3.8) is 0 Å². The normalized spacial score (nSPS) is 27.9. The van der Waals surface area contributed by atoms with Crippen LogP contribution in [0.3, 0.4) is 0 Å². The van der Waals surface area contributed by atoms with E-state index in [0.717, 1.165) is 12.3 Å². The zero-order valence-corrected chi connectivity index (χ0v) is 11.1. The van der Waals surface area contributed by atoms with Crippen LogP contribution in [0.5, 0.6) is 0 Å². The minimum atomic E-state index is -0.210. The Balaban J connectivity index is 2.09. The molecule has 1 aliphatic rings. The molecule has 0 saturated heterocycles. The van der Waals surface area contributed by atoms with Crippen LogP contribution in [0, 0.1) is 11.8 Å². The van der Waals surface area contributed by atoms with E-state index in [1.807, 2.05) is 0 Å². The Labute approximate surface area is 103 Å². The van der Waals surface area contributed by atoms with Gasteiger partial charge in [-0.3, -0.25) is 0 Å². The van der Waals surface area contributed by atoms with Crippen molar-refractivity contribution in [3.8, 4) is 0 Å². The molecule has 90 valence electrons. The van der Waals surface area contributed by atoms with E-state index in [0.29, 0.717) is 5.92 Å². The van der Waals surface area contributed by atoms with E-state index in [9.17, 15) is 5.11 Å². The van der Waals surface area contributed by atoms with Crippen molar-refractivity contribution in [2.75, 3.05) is 0 Å². The highest BCUT2D eigenvalue weighted by Gasteiger charge is 2.28. The van der Waals surface area contributed by atoms with Gasteiger partial charge in [0, 0.05) is 4.88 Å². The first-order chi connectivity index (χ1) is 7.72. The first kappa shape index (κ1) is 12.1. The molecule has 0 radical (unpaired) electrons. The van der Waals surface area contributed by atoms with Crippen molar-refractivity contribution in [1.29, 1.82) is 0 Å². The van der Waals surface area contributed by atoms with Gasteiger partial charge < -0.3 is 5.11 Å². The van der Waals surface area contributed by atoms with E-state index in [-0.39, 0.29) is 6.10 Å². The number of aryl methyl sites for hydroxylation is 1. The molecule has 0 amide bonds. The van der Waals surface area contributed by atoms with Crippen molar-refractivity contribution >= 4 is 11.3 Å². The van der Waals surface area contributed by atoms with Crippen molar-refractivity contribution in [1.82, 2.24) is 0 Å². The number of hydrogen-bond donors (Lipinski definition) is 1. The molecule has 1 nitrogen and oxygen atoms in total. The number of rotatable bonds is 3. The van der Waals surface area contributed by atoms with Crippen molar-refractivity contribution in [2.24, 2.45) is 11.8 Å². The molecule has 1 saturated carbocycles. The summed E-state index contributed by atoms with van der Waals surface area (Å²) < 4.78 is 0. The molecule has 1 aromatic rings. The maximum absolute atomic E-state index is 10.5. The van der Waals surface area contributed by atoms with Crippen LogP contribution in [0.4, 0.5) is 0 Å². The Morgan fingerprint density at radius 1 is 1.50 bits per heavy atom. The summed E-state index contributed by atoms with van der Waals surface area (Å²) in [7, 11) is 0. The van der Waals surface area contributed by atoms with E-state index in [1.165, 1.54) is 36.1 Å². The fourth-order valence-corrected chi connectivity index (χ4v) is 3.96. The van der Waals surface area contributed by atoms with Gasteiger partial charge in [0.25, 0.3) is 0 Å². The third kappa shape index (κ3) is 2.49. The molecule has 0 spiro atoms. The van der Waals surface area contributed by atoms with Crippen molar-refractivity contribution in [2.45, 2.75) is 52.1 Å². The van der Waals surface area contributed by atoms with Gasteiger partial charge in [0.15, 0.2) is 0 Å². The van der Waals surface area contributed by atoms with Crippen LogP contribution in [-0.4, -0.2) is 5.11 Å². The molecule has 16 heavy (non-hydrogen) atoms. The summed E-state index contributed by atoms with van der Waals surface area (Å²) in [4.78, 5) is 1.22. The third-order valence-corrected chi connectivity index (χ3v) is 4.88. The first-order valence-electron chi connectivity index (χ1n) is 6.46. The second-order valence-electron chi connectivity index (χ2n) is 5.14. The lowest BCUT2D eigenvalue weighted by Gasteiger charge is -2.30. The first-order valence-corrected chi connectivity index (χ1v) is 7.34. The van der Waals surface area contributed by atoms with Crippen LogP contribution in [0.2, 0.25) is 0 Å². The molecule has 2 heteroatoms. The zero-order valence-electron chi connectivity index (χ0n) is 10.3. The molecule has 2 rings (SSSR count). The van der Waals surface area contributed by atoms with Gasteiger partial charge in [-0.2, -0.15) is 0 Å². The highest BCUT2D eigenvalue weighted by molar-refractivity contribution is 7.10. The SMILES string of the molecule is CCc1ccsc1C(O)C1CCCC(C)C1. The molecule has 1 N–H and O–H groups in total. The van der Waals surface area contributed by atoms with E-state index in [4.69, 9.17) is 0 Å². The quantitative estimate of drug-likeness (QED) is 0.838. The van der Waals surface area contributed by atoms with E-state index in [1.54, 1.807) is 11.3 Å². The molecule has 3 atom stereocenters. The van der Waals surface area contributed by atoms with E-state index in [2.05, 4.69) is 25.3 Å². The van der Waals surface area contributed by atoms with Gasteiger partial charge in [0.1, 0.15) is 0 Å². The lowest BCUT2D eigenvalue weighted by atomic mass is 9.79. The predicted molar refractivity (Wildman–Crippen MR) is 69.8 cm³/mol. The van der Waals surface area contributed by atoms with Gasteiger partial charge in [0.2, 0.25) is 0 Å². The van der Waals surface area contributed by atoms with Gasteiger partial charge in [0.05, 0.1) is 6.10 Å². The lowest BCUT2D eigenvalue weighted by Crippen LogP contribution is -2.20. The average Bonchev–Trinajstić information content (AvgIpc) is 2.76. The fraction of sp³-hybridized carbons (Fsp3) is 0.714. The number of thiophene rings is 1. The maximum Gasteiger partial charge on any atom is 0.0912 e. The molecule has 1 fully saturated rings. The van der Waals surface area contributed by atoms with Gasteiger partial charge in [-0.05, 0) is 48.1 Å². The topological polar surface area (TPSA) is 20.2 Å².